The highest BCUT2D eigenvalue weighted by Gasteiger charge is 2.44. The van der Waals surface area contributed by atoms with Crippen LogP contribution in [0.25, 0.3) is 22.3 Å². The average Bonchev–Trinajstić information content (AvgIpc) is 3.45. The van der Waals surface area contributed by atoms with Crippen molar-refractivity contribution in [2.24, 2.45) is 0 Å². The smallest absolute Gasteiger partial charge is 0.141 e. The molecule has 2 nitrogen and oxygen atoms in total. The van der Waals surface area contributed by atoms with Gasteiger partial charge in [-0.3, -0.25) is 0 Å². The third kappa shape index (κ3) is 3.72. The van der Waals surface area contributed by atoms with Crippen LogP contribution in [0.15, 0.2) is 158 Å². The Bertz CT molecular complexity index is 1760. The second kappa shape index (κ2) is 9.71. The minimum atomic E-state index is -1.26. The van der Waals surface area contributed by atoms with Crippen molar-refractivity contribution in [3.63, 3.8) is 0 Å². The molecule has 41 heavy (non-hydrogen) atoms. The lowest BCUT2D eigenvalue weighted by Gasteiger charge is -2.27. The van der Waals surface area contributed by atoms with E-state index < -0.39 is 11.2 Å². The summed E-state index contributed by atoms with van der Waals surface area (Å²) in [5.74, 6) is 0. The third-order valence-electron chi connectivity index (χ3n) is 8.59. The second-order valence-corrected chi connectivity index (χ2v) is 10.8. The Balaban J connectivity index is 1.19. The quantitative estimate of drug-likeness (QED) is 0.218. The van der Waals surface area contributed by atoms with Gasteiger partial charge in [0.2, 0.25) is 0 Å². The average molecular weight is 531 g/mol. The van der Waals surface area contributed by atoms with Crippen molar-refractivity contribution < 1.29 is 10.2 Å². The molecular formula is C39H30O2. The number of hydrogen-bond acceptors (Lipinski definition) is 2. The largest absolute Gasteiger partial charge is 0.376 e. The molecule has 0 spiro atoms. The van der Waals surface area contributed by atoms with Gasteiger partial charge in [0.1, 0.15) is 11.2 Å². The molecule has 0 heterocycles. The van der Waals surface area contributed by atoms with E-state index in [1.54, 1.807) is 6.08 Å². The van der Waals surface area contributed by atoms with Gasteiger partial charge in [0, 0.05) is 22.3 Å². The van der Waals surface area contributed by atoms with E-state index in [1.807, 2.05) is 97.1 Å². The van der Waals surface area contributed by atoms with Crippen LogP contribution in [-0.2, 0) is 17.6 Å². The van der Waals surface area contributed by atoms with Gasteiger partial charge < -0.3 is 10.2 Å². The maximum absolute atomic E-state index is 12.2. The summed E-state index contributed by atoms with van der Waals surface area (Å²) >= 11 is 0. The number of fused-ring (bicyclic) bond motifs is 6. The molecule has 2 heteroatoms. The lowest BCUT2D eigenvalue weighted by Crippen LogP contribution is -2.26. The molecule has 0 atom stereocenters. The van der Waals surface area contributed by atoms with Crippen molar-refractivity contribution in [3.8, 4) is 22.3 Å². The zero-order valence-corrected chi connectivity index (χ0v) is 22.7. The Labute approximate surface area is 240 Å². The fraction of sp³-hybridized carbons (Fsp3) is 0.0769. The van der Waals surface area contributed by atoms with Gasteiger partial charge in [-0.05, 0) is 45.4 Å². The van der Waals surface area contributed by atoms with Crippen LogP contribution < -0.4 is 0 Å². The topological polar surface area (TPSA) is 40.5 Å². The zero-order chi connectivity index (χ0) is 28.0. The van der Waals surface area contributed by atoms with Crippen LogP contribution >= 0.6 is 0 Å². The van der Waals surface area contributed by atoms with E-state index in [1.165, 1.54) is 0 Å². The standard InChI is InChI=1S/C39H30O2/c1-2-12-28(38(40)34-19-7-3-15-30(34)31-16-4-8-20-35(31)38)14-11-13-27-23-25-29(26-24-27)39(41)36-21-9-5-17-32(36)33-18-6-10-22-37(33)39/h2-12,14-26,40-41H,1,13H2/b14-11-,28-12+. The van der Waals surface area contributed by atoms with Crippen molar-refractivity contribution in [1.82, 2.24) is 0 Å². The molecule has 2 N–H and O–H groups in total. The molecule has 0 unspecified atom stereocenters. The molecule has 0 saturated heterocycles. The van der Waals surface area contributed by atoms with Crippen LogP contribution in [0.3, 0.4) is 0 Å². The van der Waals surface area contributed by atoms with E-state index in [4.69, 9.17) is 0 Å². The first-order chi connectivity index (χ1) is 20.1. The van der Waals surface area contributed by atoms with Crippen LogP contribution in [0.1, 0.15) is 33.4 Å². The van der Waals surface area contributed by atoms with Gasteiger partial charge in [-0.2, -0.15) is 0 Å². The Morgan fingerprint density at radius 1 is 0.585 bits per heavy atom. The van der Waals surface area contributed by atoms with E-state index in [-0.39, 0.29) is 0 Å². The monoisotopic (exact) mass is 530 g/mol. The summed E-state index contributed by atoms with van der Waals surface area (Å²) in [6, 6.07) is 40.5. The molecule has 0 bridgehead atoms. The van der Waals surface area contributed by atoms with Gasteiger partial charge in [0.05, 0.1) is 0 Å². The Morgan fingerprint density at radius 2 is 1.02 bits per heavy atom. The molecular weight excluding hydrogens is 500 g/mol. The maximum Gasteiger partial charge on any atom is 0.141 e. The van der Waals surface area contributed by atoms with Gasteiger partial charge in [-0.1, -0.05) is 152 Å². The SMILES string of the molecule is C=C/C=C(\C=C/Cc1ccc(C2(O)c3ccccc3-c3ccccc32)cc1)C1(O)c2ccccc2-c2ccccc21. The highest BCUT2D eigenvalue weighted by molar-refractivity contribution is 5.83. The highest BCUT2D eigenvalue weighted by atomic mass is 16.3. The molecule has 0 aliphatic heterocycles. The molecule has 0 amide bonds. The van der Waals surface area contributed by atoms with E-state index in [9.17, 15) is 10.2 Å². The first-order valence-corrected chi connectivity index (χ1v) is 14.0. The minimum absolute atomic E-state index is 0.680. The molecule has 0 aromatic heterocycles. The fourth-order valence-electron chi connectivity index (χ4n) is 6.67. The summed E-state index contributed by atoms with van der Waals surface area (Å²) in [5, 5.41) is 24.4. The van der Waals surface area contributed by atoms with E-state index in [2.05, 4.69) is 49.1 Å². The van der Waals surface area contributed by atoms with Crippen LogP contribution in [0.4, 0.5) is 0 Å². The predicted molar refractivity (Wildman–Crippen MR) is 166 cm³/mol. The second-order valence-electron chi connectivity index (χ2n) is 10.8. The summed E-state index contributed by atoms with van der Waals surface area (Å²) in [6.07, 6.45) is 8.39. The zero-order valence-electron chi connectivity index (χ0n) is 22.7. The molecule has 2 aliphatic carbocycles. The number of hydrogen-bond donors (Lipinski definition) is 2. The predicted octanol–water partition coefficient (Wildman–Crippen LogP) is 8.08. The van der Waals surface area contributed by atoms with Crippen molar-refractivity contribution in [3.05, 3.63) is 191 Å². The lowest BCUT2D eigenvalue weighted by molar-refractivity contribution is 0.130. The van der Waals surface area contributed by atoms with Crippen LogP contribution in [0.5, 0.6) is 0 Å². The number of benzene rings is 5. The fourth-order valence-corrected chi connectivity index (χ4v) is 6.67. The van der Waals surface area contributed by atoms with Gasteiger partial charge in [0.15, 0.2) is 0 Å². The van der Waals surface area contributed by atoms with Crippen molar-refractivity contribution in [2.75, 3.05) is 0 Å². The summed E-state index contributed by atoms with van der Waals surface area (Å²) in [6.45, 7) is 3.92. The molecule has 198 valence electrons. The molecule has 5 aromatic carbocycles. The Hall–Kier alpha value is -4.76. The number of aliphatic hydroxyl groups is 2. The molecule has 2 aliphatic rings. The van der Waals surface area contributed by atoms with Crippen molar-refractivity contribution in [2.45, 2.75) is 17.6 Å². The van der Waals surface area contributed by atoms with E-state index in [0.717, 1.165) is 61.2 Å². The third-order valence-corrected chi connectivity index (χ3v) is 8.59. The first-order valence-electron chi connectivity index (χ1n) is 14.0. The first kappa shape index (κ1) is 25.2. The van der Waals surface area contributed by atoms with E-state index >= 15 is 0 Å². The van der Waals surface area contributed by atoms with Crippen LogP contribution in [0, 0.1) is 0 Å². The van der Waals surface area contributed by atoms with Gasteiger partial charge in [-0.15, -0.1) is 0 Å². The normalized spacial score (nSPS) is 15.7. The number of allylic oxidation sites excluding steroid dienone is 3. The van der Waals surface area contributed by atoms with Crippen molar-refractivity contribution >= 4 is 0 Å². The summed E-state index contributed by atoms with van der Waals surface area (Å²) < 4.78 is 0. The highest BCUT2D eigenvalue weighted by Crippen LogP contribution is 2.52. The molecule has 0 saturated carbocycles. The minimum Gasteiger partial charge on any atom is -0.376 e. The molecule has 7 rings (SSSR count). The van der Waals surface area contributed by atoms with Crippen LogP contribution in [-0.4, -0.2) is 10.2 Å². The van der Waals surface area contributed by atoms with E-state index in [0.29, 0.717) is 6.42 Å². The summed E-state index contributed by atoms with van der Waals surface area (Å²) in [5.41, 5.74) is 8.15. The Morgan fingerprint density at radius 3 is 1.51 bits per heavy atom. The Kier molecular flexibility index (Phi) is 5.97. The van der Waals surface area contributed by atoms with Gasteiger partial charge in [0.25, 0.3) is 0 Å². The van der Waals surface area contributed by atoms with Gasteiger partial charge >= 0.3 is 0 Å². The van der Waals surface area contributed by atoms with Crippen LogP contribution in [0.2, 0.25) is 0 Å². The van der Waals surface area contributed by atoms with Gasteiger partial charge in [-0.25, -0.2) is 0 Å². The molecule has 0 fully saturated rings. The summed E-state index contributed by atoms with van der Waals surface area (Å²) in [7, 11) is 0. The maximum atomic E-state index is 12.2. The lowest BCUT2D eigenvalue weighted by atomic mass is 9.83. The molecule has 5 aromatic rings. The summed E-state index contributed by atoms with van der Waals surface area (Å²) in [4.78, 5) is 0. The number of rotatable bonds is 6. The molecule has 0 radical (unpaired) electrons. The van der Waals surface area contributed by atoms with Crippen molar-refractivity contribution in [1.29, 1.82) is 0 Å².